The second kappa shape index (κ2) is 5.75. The van der Waals surface area contributed by atoms with E-state index >= 15 is 0 Å². The summed E-state index contributed by atoms with van der Waals surface area (Å²) < 4.78 is 5.96. The van der Waals surface area contributed by atoms with E-state index in [1.165, 1.54) is 6.42 Å². The number of hydrogen-bond acceptors (Lipinski definition) is 2. The van der Waals surface area contributed by atoms with Crippen molar-refractivity contribution in [1.29, 1.82) is 0 Å². The van der Waals surface area contributed by atoms with Crippen molar-refractivity contribution >= 4 is 17.9 Å². The van der Waals surface area contributed by atoms with Crippen molar-refractivity contribution in [1.82, 2.24) is 0 Å². The van der Waals surface area contributed by atoms with Gasteiger partial charge in [0.2, 0.25) is 0 Å². The summed E-state index contributed by atoms with van der Waals surface area (Å²) in [4.78, 5) is 11.0. The third-order valence-electron chi connectivity index (χ3n) is 3.94. The monoisotopic (exact) mass is 266 g/mol. The molecule has 0 radical (unpaired) electrons. The molecule has 0 aliphatic heterocycles. The second-order valence-electron chi connectivity index (χ2n) is 5.31. The molecule has 0 saturated heterocycles. The normalized spacial score (nSPS) is 27.8. The second-order valence-corrected chi connectivity index (χ2v) is 5.74. The van der Waals surface area contributed by atoms with E-state index in [4.69, 9.17) is 16.3 Å². The first-order valence-corrected chi connectivity index (χ1v) is 6.89. The van der Waals surface area contributed by atoms with Crippen molar-refractivity contribution in [3.05, 3.63) is 28.8 Å². The van der Waals surface area contributed by atoms with Crippen molar-refractivity contribution in [3.63, 3.8) is 0 Å². The van der Waals surface area contributed by atoms with E-state index in [9.17, 15) is 4.79 Å². The topological polar surface area (TPSA) is 26.3 Å². The summed E-state index contributed by atoms with van der Waals surface area (Å²) in [7, 11) is 0. The summed E-state index contributed by atoms with van der Waals surface area (Å²) in [6.45, 7) is 4.56. The Morgan fingerprint density at radius 2 is 2.06 bits per heavy atom. The summed E-state index contributed by atoms with van der Waals surface area (Å²) >= 11 is 5.87. The van der Waals surface area contributed by atoms with E-state index in [1.54, 1.807) is 18.2 Å². The van der Waals surface area contributed by atoms with Gasteiger partial charge in [0.25, 0.3) is 0 Å². The Morgan fingerprint density at radius 1 is 1.28 bits per heavy atom. The van der Waals surface area contributed by atoms with E-state index in [0.29, 0.717) is 22.3 Å². The quantitative estimate of drug-likeness (QED) is 0.760. The molecule has 2 rings (SSSR count). The molecule has 3 unspecified atom stereocenters. The molecule has 18 heavy (non-hydrogen) atoms. The summed E-state index contributed by atoms with van der Waals surface area (Å²) in [5.74, 6) is 2.09. The van der Waals surface area contributed by atoms with Crippen LogP contribution in [0.15, 0.2) is 18.2 Å². The van der Waals surface area contributed by atoms with Crippen LogP contribution in [0.1, 0.15) is 43.5 Å². The van der Waals surface area contributed by atoms with Gasteiger partial charge in [0.1, 0.15) is 5.75 Å². The predicted octanol–water partition coefficient (Wildman–Crippen LogP) is 4.36. The lowest BCUT2D eigenvalue weighted by molar-refractivity contribution is 0.0976. The van der Waals surface area contributed by atoms with Crippen LogP contribution in [0.25, 0.3) is 0 Å². The number of rotatable bonds is 3. The predicted molar refractivity (Wildman–Crippen MR) is 73.4 cm³/mol. The van der Waals surface area contributed by atoms with Crippen LogP contribution in [-0.2, 0) is 0 Å². The van der Waals surface area contributed by atoms with Crippen LogP contribution >= 0.6 is 11.6 Å². The zero-order chi connectivity index (χ0) is 13.1. The highest BCUT2D eigenvalue weighted by atomic mass is 35.5. The van der Waals surface area contributed by atoms with Crippen LogP contribution in [0.2, 0.25) is 5.02 Å². The molecule has 0 heterocycles. The Morgan fingerprint density at radius 3 is 2.72 bits per heavy atom. The molecule has 0 amide bonds. The zero-order valence-electron chi connectivity index (χ0n) is 10.9. The molecule has 1 aromatic carbocycles. The smallest absolute Gasteiger partial charge is 0.153 e. The number of halogens is 1. The Labute approximate surface area is 113 Å². The van der Waals surface area contributed by atoms with Gasteiger partial charge in [0, 0.05) is 5.02 Å². The summed E-state index contributed by atoms with van der Waals surface area (Å²) in [5, 5.41) is 0.565. The summed E-state index contributed by atoms with van der Waals surface area (Å²) in [6, 6.07) is 5.20. The molecule has 3 heteroatoms. The van der Waals surface area contributed by atoms with Gasteiger partial charge in [-0.05, 0) is 49.3 Å². The van der Waals surface area contributed by atoms with Gasteiger partial charge < -0.3 is 4.74 Å². The van der Waals surface area contributed by atoms with E-state index in [1.807, 2.05) is 0 Å². The van der Waals surface area contributed by atoms with Gasteiger partial charge >= 0.3 is 0 Å². The maximum absolute atomic E-state index is 11.0. The highest BCUT2D eigenvalue weighted by molar-refractivity contribution is 6.30. The van der Waals surface area contributed by atoms with Gasteiger partial charge in [0.05, 0.1) is 11.7 Å². The molecule has 0 aromatic heterocycles. The molecular weight excluding hydrogens is 248 g/mol. The fourth-order valence-corrected chi connectivity index (χ4v) is 2.68. The first kappa shape index (κ1) is 13.4. The molecule has 98 valence electrons. The SMILES string of the molecule is CC1CCC(Oc2ccc(Cl)cc2C=O)CC1C. The molecule has 1 saturated carbocycles. The number of hydrogen-bond donors (Lipinski definition) is 0. The molecule has 1 fully saturated rings. The average molecular weight is 267 g/mol. The van der Waals surface area contributed by atoms with Crippen molar-refractivity contribution in [2.24, 2.45) is 11.8 Å². The Balaban J connectivity index is 2.07. The van der Waals surface area contributed by atoms with E-state index < -0.39 is 0 Å². The third kappa shape index (κ3) is 3.05. The maximum Gasteiger partial charge on any atom is 0.153 e. The van der Waals surface area contributed by atoms with Gasteiger partial charge in [-0.15, -0.1) is 0 Å². The Kier molecular flexibility index (Phi) is 4.28. The van der Waals surface area contributed by atoms with Crippen molar-refractivity contribution in [2.75, 3.05) is 0 Å². The van der Waals surface area contributed by atoms with Gasteiger partial charge in [-0.2, -0.15) is 0 Å². The number of carbonyl (C=O) groups is 1. The highest BCUT2D eigenvalue weighted by Crippen LogP contribution is 2.32. The highest BCUT2D eigenvalue weighted by Gasteiger charge is 2.26. The third-order valence-corrected chi connectivity index (χ3v) is 4.18. The van der Waals surface area contributed by atoms with Crippen LogP contribution in [0.4, 0.5) is 0 Å². The van der Waals surface area contributed by atoms with Crippen LogP contribution in [0, 0.1) is 11.8 Å². The first-order chi connectivity index (χ1) is 8.60. The average Bonchev–Trinajstić information content (AvgIpc) is 2.36. The maximum atomic E-state index is 11.0. The van der Waals surface area contributed by atoms with Crippen LogP contribution < -0.4 is 4.74 Å². The molecule has 0 bridgehead atoms. The molecule has 1 aromatic rings. The van der Waals surface area contributed by atoms with Crippen molar-refractivity contribution < 1.29 is 9.53 Å². The van der Waals surface area contributed by atoms with Crippen LogP contribution in [-0.4, -0.2) is 12.4 Å². The minimum absolute atomic E-state index is 0.219. The van der Waals surface area contributed by atoms with Gasteiger partial charge in [-0.25, -0.2) is 0 Å². The number of carbonyl (C=O) groups excluding carboxylic acids is 1. The largest absolute Gasteiger partial charge is 0.490 e. The van der Waals surface area contributed by atoms with Gasteiger partial charge in [-0.3, -0.25) is 4.79 Å². The lowest BCUT2D eigenvalue weighted by Crippen LogP contribution is -2.29. The number of benzene rings is 1. The van der Waals surface area contributed by atoms with Crippen molar-refractivity contribution in [2.45, 2.75) is 39.2 Å². The zero-order valence-corrected chi connectivity index (χ0v) is 11.6. The number of ether oxygens (including phenoxy) is 1. The lowest BCUT2D eigenvalue weighted by atomic mass is 9.80. The summed E-state index contributed by atoms with van der Waals surface area (Å²) in [6.07, 6.45) is 4.33. The van der Waals surface area contributed by atoms with Crippen molar-refractivity contribution in [3.8, 4) is 5.75 Å². The van der Waals surface area contributed by atoms with E-state index in [-0.39, 0.29) is 6.10 Å². The molecule has 0 N–H and O–H groups in total. The fraction of sp³-hybridized carbons (Fsp3) is 0.533. The molecule has 1 aliphatic carbocycles. The van der Waals surface area contributed by atoms with E-state index in [0.717, 1.165) is 25.0 Å². The first-order valence-electron chi connectivity index (χ1n) is 6.51. The lowest BCUT2D eigenvalue weighted by Gasteiger charge is -2.32. The molecule has 0 spiro atoms. The van der Waals surface area contributed by atoms with E-state index in [2.05, 4.69) is 13.8 Å². The van der Waals surface area contributed by atoms with Crippen LogP contribution in [0.3, 0.4) is 0 Å². The van der Waals surface area contributed by atoms with Gasteiger partial charge in [-0.1, -0.05) is 25.4 Å². The van der Waals surface area contributed by atoms with Gasteiger partial charge in [0.15, 0.2) is 6.29 Å². The minimum atomic E-state index is 0.219. The summed E-state index contributed by atoms with van der Waals surface area (Å²) in [5.41, 5.74) is 0.536. The standard InChI is InChI=1S/C15H19ClO2/c1-10-3-5-14(7-11(10)2)18-15-6-4-13(16)8-12(15)9-17/h4,6,8-11,14H,3,5,7H2,1-2H3. The Bertz CT molecular complexity index is 431. The van der Waals surface area contributed by atoms with Crippen LogP contribution in [0.5, 0.6) is 5.75 Å². The Hall–Kier alpha value is -1.02. The fourth-order valence-electron chi connectivity index (χ4n) is 2.50. The molecule has 3 atom stereocenters. The molecular formula is C15H19ClO2. The molecule has 1 aliphatic rings. The minimum Gasteiger partial charge on any atom is -0.490 e. The molecule has 2 nitrogen and oxygen atoms in total. The number of aldehydes is 1.